The molecule has 0 radical (unpaired) electrons. The number of nitrogens with two attached hydrogens (primary N) is 1. The van der Waals surface area contributed by atoms with Crippen LogP contribution in [0.5, 0.6) is 0 Å². The van der Waals surface area contributed by atoms with Crippen molar-refractivity contribution < 1.29 is 13.2 Å². The molecule has 38 heavy (non-hydrogen) atoms. The van der Waals surface area contributed by atoms with E-state index in [1.165, 1.54) is 0 Å². The van der Waals surface area contributed by atoms with Crippen molar-refractivity contribution in [2.45, 2.75) is 59.0 Å². The van der Waals surface area contributed by atoms with Gasteiger partial charge in [0.25, 0.3) is 5.91 Å². The molecule has 1 aliphatic heterocycles. The van der Waals surface area contributed by atoms with E-state index in [4.69, 9.17) is 15.8 Å². The Morgan fingerprint density at radius 2 is 2.00 bits per heavy atom. The number of aromatic nitrogens is 3. The van der Waals surface area contributed by atoms with E-state index < -0.39 is 10.0 Å². The minimum atomic E-state index is -3.55. The normalized spacial score (nSPS) is 16.4. The zero-order valence-corrected chi connectivity index (χ0v) is 24.3. The Morgan fingerprint density at radius 3 is 2.61 bits per heavy atom. The van der Waals surface area contributed by atoms with E-state index in [0.29, 0.717) is 18.5 Å². The van der Waals surface area contributed by atoms with Gasteiger partial charge in [-0.15, -0.1) is 12.4 Å². The van der Waals surface area contributed by atoms with Crippen LogP contribution < -0.4 is 15.4 Å². The van der Waals surface area contributed by atoms with Gasteiger partial charge in [0.1, 0.15) is 5.82 Å². The van der Waals surface area contributed by atoms with Gasteiger partial charge in [-0.05, 0) is 45.7 Å². The number of fused-ring (bicyclic) bond motifs is 1. The van der Waals surface area contributed by atoms with Crippen molar-refractivity contribution >= 4 is 45.5 Å². The van der Waals surface area contributed by atoms with Gasteiger partial charge in [0.15, 0.2) is 5.65 Å². The van der Waals surface area contributed by atoms with Gasteiger partial charge < -0.3 is 15.5 Å². The lowest BCUT2D eigenvalue weighted by molar-refractivity contribution is 0.0674. The minimum Gasteiger partial charge on any atom is -0.355 e. The van der Waals surface area contributed by atoms with Gasteiger partial charge in [-0.1, -0.05) is 25.0 Å². The highest BCUT2D eigenvalue weighted by molar-refractivity contribution is 7.92. The topological polar surface area (TPSA) is 126 Å². The van der Waals surface area contributed by atoms with Crippen molar-refractivity contribution in [2.75, 3.05) is 35.5 Å². The van der Waals surface area contributed by atoms with Crippen LogP contribution in [0.25, 0.3) is 5.65 Å². The number of aryl methyl sites for hydroxylation is 2. The van der Waals surface area contributed by atoms with Gasteiger partial charge in [0.2, 0.25) is 10.0 Å². The summed E-state index contributed by atoms with van der Waals surface area (Å²) in [4.78, 5) is 22.8. The first-order valence-electron chi connectivity index (χ1n) is 12.8. The molecule has 0 aliphatic carbocycles. The molecule has 1 aromatic carbocycles. The molecular formula is C26H38ClN7O3S. The molecule has 208 valence electrons. The predicted molar refractivity (Wildman–Crippen MR) is 154 cm³/mol. The molecule has 4 rings (SSSR count). The zero-order chi connectivity index (χ0) is 26.9. The van der Waals surface area contributed by atoms with Crippen LogP contribution in [0.2, 0.25) is 0 Å². The number of hydrogen-bond donors (Lipinski definition) is 2. The zero-order valence-electron chi connectivity index (χ0n) is 22.6. The van der Waals surface area contributed by atoms with Crippen LogP contribution >= 0.6 is 12.4 Å². The van der Waals surface area contributed by atoms with E-state index in [1.807, 2.05) is 33.0 Å². The van der Waals surface area contributed by atoms with Crippen LogP contribution in [-0.2, 0) is 10.0 Å². The van der Waals surface area contributed by atoms with E-state index in [-0.39, 0.29) is 36.1 Å². The van der Waals surface area contributed by atoms with Crippen LogP contribution in [0, 0.1) is 13.8 Å². The van der Waals surface area contributed by atoms with Crippen LogP contribution in [0.4, 0.5) is 11.5 Å². The summed E-state index contributed by atoms with van der Waals surface area (Å²) < 4.78 is 28.2. The van der Waals surface area contributed by atoms with Gasteiger partial charge >= 0.3 is 0 Å². The maximum atomic E-state index is 13.9. The molecule has 3 aromatic rings. The number of nitrogens with one attached hydrogen (secondary N) is 1. The molecular weight excluding hydrogens is 526 g/mol. The highest BCUT2D eigenvalue weighted by atomic mass is 35.5. The van der Waals surface area contributed by atoms with Crippen molar-refractivity contribution in [3.63, 3.8) is 0 Å². The van der Waals surface area contributed by atoms with Crippen molar-refractivity contribution in [3.05, 3.63) is 52.8 Å². The van der Waals surface area contributed by atoms with E-state index in [1.54, 1.807) is 27.6 Å². The molecule has 0 bridgehead atoms. The van der Waals surface area contributed by atoms with Crippen molar-refractivity contribution in [2.24, 2.45) is 5.73 Å². The molecule has 1 amide bonds. The average molecular weight is 564 g/mol. The van der Waals surface area contributed by atoms with Crippen LogP contribution in [0.1, 0.15) is 66.3 Å². The molecule has 10 nitrogen and oxygen atoms in total. The third-order valence-corrected chi connectivity index (χ3v) is 7.32. The summed E-state index contributed by atoms with van der Waals surface area (Å²) >= 11 is 0. The maximum absolute atomic E-state index is 13.9. The Hall–Kier alpha value is -2.89. The van der Waals surface area contributed by atoms with Gasteiger partial charge in [0.05, 0.1) is 29.2 Å². The molecule has 2 atom stereocenters. The summed E-state index contributed by atoms with van der Waals surface area (Å²) in [5, 5.41) is 4.83. The number of sulfonamides is 1. The predicted octanol–water partition coefficient (Wildman–Crippen LogP) is 3.68. The number of amides is 1. The summed E-state index contributed by atoms with van der Waals surface area (Å²) in [7, 11) is -3.55. The Morgan fingerprint density at radius 1 is 1.26 bits per heavy atom. The summed E-state index contributed by atoms with van der Waals surface area (Å²) in [5.41, 5.74) is 10.1. The van der Waals surface area contributed by atoms with E-state index in [2.05, 4.69) is 16.5 Å². The van der Waals surface area contributed by atoms with Crippen molar-refractivity contribution in [3.8, 4) is 0 Å². The molecule has 2 aromatic heterocycles. The smallest absolute Gasteiger partial charge is 0.256 e. The summed E-state index contributed by atoms with van der Waals surface area (Å²) in [6.45, 7) is 9.99. The highest BCUT2D eigenvalue weighted by Crippen LogP contribution is 2.31. The Kier molecular flexibility index (Phi) is 9.27. The van der Waals surface area contributed by atoms with Gasteiger partial charge in [-0.25, -0.2) is 17.9 Å². The summed E-state index contributed by atoms with van der Waals surface area (Å²) in [5.74, 6) is 0.669. The first-order valence-corrected chi connectivity index (χ1v) is 14.7. The lowest BCUT2D eigenvalue weighted by atomic mass is 10.0. The fourth-order valence-corrected chi connectivity index (χ4v) is 5.58. The first kappa shape index (κ1) is 29.7. The van der Waals surface area contributed by atoms with Crippen LogP contribution in [0.15, 0.2) is 30.5 Å². The minimum absolute atomic E-state index is 0. The van der Waals surface area contributed by atoms with Gasteiger partial charge in [-0.2, -0.15) is 5.10 Å². The maximum Gasteiger partial charge on any atom is 0.256 e. The van der Waals surface area contributed by atoms with Crippen molar-refractivity contribution in [1.82, 2.24) is 19.5 Å². The SMILES string of the molecule is CCC[C@@H](c1cc2nc(N3CC[C@H](N)C3)c(C)cn2n1)N(CC)C(=O)c1cc(C)ccc1NS(C)(=O)=O.Cl. The summed E-state index contributed by atoms with van der Waals surface area (Å²) in [6.07, 6.45) is 5.54. The largest absolute Gasteiger partial charge is 0.355 e. The van der Waals surface area contributed by atoms with Gasteiger partial charge in [0, 0.05) is 43.5 Å². The highest BCUT2D eigenvalue weighted by Gasteiger charge is 2.29. The molecule has 1 aliphatic rings. The van der Waals surface area contributed by atoms with Crippen LogP contribution in [0.3, 0.4) is 0 Å². The number of benzene rings is 1. The monoisotopic (exact) mass is 563 g/mol. The Labute approximate surface area is 231 Å². The van der Waals surface area contributed by atoms with Crippen LogP contribution in [-0.4, -0.2) is 65.8 Å². The molecule has 3 N–H and O–H groups in total. The second-order valence-electron chi connectivity index (χ2n) is 9.93. The fourth-order valence-electron chi connectivity index (χ4n) is 5.00. The van der Waals surface area contributed by atoms with E-state index in [9.17, 15) is 13.2 Å². The second-order valence-corrected chi connectivity index (χ2v) is 11.7. The molecule has 1 fully saturated rings. The van der Waals surface area contributed by atoms with E-state index in [0.717, 1.165) is 60.5 Å². The standard InChI is InChI=1S/C26H37N7O3S.ClH/c1-6-8-23(32(7-2)26(34)20-13-17(3)9-10-21(20)30-37(5,35)36)22-14-24-28-25(18(4)15-33(24)29-22)31-12-11-19(27)16-31;/h9-10,13-15,19,23,30H,6-8,11-12,16,27H2,1-5H3;1H/t19-,23-;/m0./s1. The number of carbonyl (C=O) groups excluding carboxylic acids is 1. The molecule has 0 saturated carbocycles. The molecule has 12 heteroatoms. The fraction of sp³-hybridized carbons (Fsp3) is 0.500. The lowest BCUT2D eigenvalue weighted by Gasteiger charge is -2.30. The Bertz CT molecular complexity index is 1410. The molecule has 3 heterocycles. The quantitative estimate of drug-likeness (QED) is 0.406. The third kappa shape index (κ3) is 6.39. The number of hydrogen-bond acceptors (Lipinski definition) is 7. The number of anilines is 2. The Balaban J connectivity index is 0.00000400. The number of nitrogens with zero attached hydrogens (tertiary/aromatic N) is 5. The lowest BCUT2D eigenvalue weighted by Crippen LogP contribution is -2.35. The number of carbonyl (C=O) groups is 1. The molecule has 0 spiro atoms. The second kappa shape index (κ2) is 11.9. The molecule has 0 unspecified atom stereocenters. The average Bonchev–Trinajstić information content (AvgIpc) is 3.44. The third-order valence-electron chi connectivity index (χ3n) is 6.73. The summed E-state index contributed by atoms with van der Waals surface area (Å²) in [6, 6.07) is 6.95. The van der Waals surface area contributed by atoms with E-state index >= 15 is 0 Å². The molecule has 1 saturated heterocycles. The van der Waals surface area contributed by atoms with Crippen molar-refractivity contribution in [1.29, 1.82) is 0 Å². The first-order chi connectivity index (χ1) is 17.5. The van der Waals surface area contributed by atoms with Gasteiger partial charge in [-0.3, -0.25) is 9.52 Å². The number of rotatable bonds is 9. The number of halogens is 1.